The van der Waals surface area contributed by atoms with Crippen LogP contribution in [-0.4, -0.2) is 105 Å². The first-order chi connectivity index (χ1) is 24.5. The van der Waals surface area contributed by atoms with Gasteiger partial charge in [0.1, 0.15) is 18.1 Å². The fourth-order valence-electron chi connectivity index (χ4n) is 8.25. The van der Waals surface area contributed by atoms with Gasteiger partial charge in [-0.25, -0.2) is 8.42 Å². The quantitative estimate of drug-likeness (QED) is 0.273. The van der Waals surface area contributed by atoms with Gasteiger partial charge < -0.3 is 24.8 Å². The number of hydrogen-bond donors (Lipinski definition) is 1. The number of benzene rings is 3. The molecular formula is C38H48F2N4O6S. The molecule has 13 heteroatoms. The van der Waals surface area contributed by atoms with Crippen LogP contribution < -0.4 is 15.2 Å². The maximum absolute atomic E-state index is 16.9. The number of fused-ring (bicyclic) bond motifs is 3. The van der Waals surface area contributed by atoms with Gasteiger partial charge in [0, 0.05) is 50.4 Å². The van der Waals surface area contributed by atoms with Crippen LogP contribution in [0.25, 0.3) is 10.8 Å². The highest BCUT2D eigenvalue weighted by Crippen LogP contribution is 2.42. The molecule has 0 aromatic heterocycles. The smallest absolute Gasteiger partial charge is 0.298 e. The van der Waals surface area contributed by atoms with Gasteiger partial charge in [0.05, 0.1) is 24.2 Å². The number of likely N-dealkylation sites (N-methyl/N-ethyl adjacent to an activating group) is 1. The number of amides is 1. The Morgan fingerprint density at radius 1 is 0.941 bits per heavy atom. The van der Waals surface area contributed by atoms with Crippen LogP contribution in [0.3, 0.4) is 0 Å². The molecule has 3 aromatic carbocycles. The molecule has 0 radical (unpaired) electrons. The highest BCUT2D eigenvalue weighted by atomic mass is 32.2. The minimum Gasteiger partial charge on any atom is -0.492 e. The number of nitrogens with two attached hydrogens (primary N) is 1. The van der Waals surface area contributed by atoms with E-state index in [2.05, 4.69) is 4.90 Å². The number of halogens is 2. The van der Waals surface area contributed by atoms with Crippen molar-refractivity contribution in [2.45, 2.75) is 92.5 Å². The van der Waals surface area contributed by atoms with E-state index < -0.39 is 33.5 Å². The van der Waals surface area contributed by atoms with E-state index in [1.807, 2.05) is 6.07 Å². The Balaban J connectivity index is 1.15. The number of ether oxygens (including phenoxy) is 3. The summed E-state index contributed by atoms with van der Waals surface area (Å²) in [5.74, 6) is -3.68. The largest absolute Gasteiger partial charge is 0.492 e. The summed E-state index contributed by atoms with van der Waals surface area (Å²) in [6.45, 7) is 3.99. The topological polar surface area (TPSA) is 115 Å². The number of hydrogen-bond acceptors (Lipinski definition) is 8. The van der Waals surface area contributed by atoms with E-state index >= 15 is 8.78 Å². The second-order valence-electron chi connectivity index (χ2n) is 14.4. The standard InChI is InChI=1S/C38H48F2N4O6S/c1-42(51(46,47)35-15-7-26-22-34(12-6-27(26)23-35)50-33-4-2-3-5-33)36(37(45)44-30-10-11-31(44)25-29(41)24-30)38(39,40)28-8-13-32(14-9-28)49-21-18-43-16-19-48-20-17-43/h6-9,12-15,22-23,29-31,33,36H,2-5,10-11,16-21,24-25,41H2,1H3/t29?,30?,31?,36-/m0/s1. The minimum absolute atomic E-state index is 0.135. The third-order valence-electron chi connectivity index (χ3n) is 11.0. The van der Waals surface area contributed by atoms with Crippen molar-refractivity contribution in [3.8, 4) is 11.5 Å². The summed E-state index contributed by atoms with van der Waals surface area (Å²) in [5.41, 5.74) is 5.77. The summed E-state index contributed by atoms with van der Waals surface area (Å²) in [5, 5.41) is 1.38. The van der Waals surface area contributed by atoms with Crippen LogP contribution in [0, 0.1) is 0 Å². The monoisotopic (exact) mass is 726 g/mol. The lowest BCUT2D eigenvalue weighted by atomic mass is 9.94. The zero-order valence-electron chi connectivity index (χ0n) is 29.1. The summed E-state index contributed by atoms with van der Waals surface area (Å²) < 4.78 is 80.2. The van der Waals surface area contributed by atoms with E-state index in [-0.39, 0.29) is 29.1 Å². The Morgan fingerprint density at radius 2 is 1.57 bits per heavy atom. The van der Waals surface area contributed by atoms with Gasteiger partial charge in [-0.05, 0) is 111 Å². The van der Waals surface area contributed by atoms with E-state index in [1.165, 1.54) is 41.3 Å². The van der Waals surface area contributed by atoms with Gasteiger partial charge in [0.25, 0.3) is 5.92 Å². The summed E-state index contributed by atoms with van der Waals surface area (Å²) in [4.78, 5) is 17.9. The SMILES string of the molecule is CN([C@@H](C(=O)N1C2CCC1CC(N)C2)C(F)(F)c1ccc(OCCN2CCOCC2)cc1)S(=O)(=O)c1ccc2cc(OC3CCCC3)ccc2c1. The molecule has 3 atom stereocenters. The van der Waals surface area contributed by atoms with Crippen molar-refractivity contribution in [3.05, 3.63) is 66.2 Å². The first kappa shape index (κ1) is 36.0. The van der Waals surface area contributed by atoms with Crippen LogP contribution in [0.1, 0.15) is 56.9 Å². The molecule has 3 heterocycles. The maximum atomic E-state index is 16.9. The minimum atomic E-state index is -4.58. The van der Waals surface area contributed by atoms with E-state index in [9.17, 15) is 13.2 Å². The molecule has 7 rings (SSSR count). The number of rotatable bonds is 12. The van der Waals surface area contributed by atoms with Crippen LogP contribution in [0.5, 0.6) is 11.5 Å². The maximum Gasteiger partial charge on any atom is 0.298 e. The zero-order valence-corrected chi connectivity index (χ0v) is 29.9. The zero-order chi connectivity index (χ0) is 35.8. The van der Waals surface area contributed by atoms with Crippen LogP contribution in [0.4, 0.5) is 8.78 Å². The molecule has 51 heavy (non-hydrogen) atoms. The van der Waals surface area contributed by atoms with E-state index in [4.69, 9.17) is 19.9 Å². The van der Waals surface area contributed by atoms with Crippen molar-refractivity contribution in [2.24, 2.45) is 5.73 Å². The van der Waals surface area contributed by atoms with E-state index in [0.717, 1.165) is 51.2 Å². The predicted octanol–water partition coefficient (Wildman–Crippen LogP) is 5.13. The second-order valence-corrected chi connectivity index (χ2v) is 16.4. The van der Waals surface area contributed by atoms with Crippen molar-refractivity contribution < 1.29 is 36.2 Å². The summed E-state index contributed by atoms with van der Waals surface area (Å²) in [6.07, 6.45) is 6.72. The lowest BCUT2D eigenvalue weighted by Crippen LogP contribution is -2.61. The van der Waals surface area contributed by atoms with Crippen LogP contribution >= 0.6 is 0 Å². The average molecular weight is 727 g/mol. The van der Waals surface area contributed by atoms with Gasteiger partial charge >= 0.3 is 0 Å². The van der Waals surface area contributed by atoms with Gasteiger partial charge in [-0.15, -0.1) is 0 Å². The molecule has 1 aliphatic carbocycles. The van der Waals surface area contributed by atoms with E-state index in [0.29, 0.717) is 73.2 Å². The Morgan fingerprint density at radius 3 is 2.25 bits per heavy atom. The van der Waals surface area contributed by atoms with Crippen molar-refractivity contribution >= 4 is 26.7 Å². The molecule has 3 saturated heterocycles. The van der Waals surface area contributed by atoms with Crippen molar-refractivity contribution in [1.82, 2.24) is 14.1 Å². The molecule has 10 nitrogen and oxygen atoms in total. The molecule has 4 fully saturated rings. The molecule has 2 N–H and O–H groups in total. The van der Waals surface area contributed by atoms with Gasteiger partial charge in [-0.3, -0.25) is 9.69 Å². The van der Waals surface area contributed by atoms with Crippen molar-refractivity contribution in [3.63, 3.8) is 0 Å². The number of piperidine rings is 1. The normalized spacial score (nSPS) is 23.9. The van der Waals surface area contributed by atoms with Crippen molar-refractivity contribution in [1.29, 1.82) is 0 Å². The fourth-order valence-corrected chi connectivity index (χ4v) is 9.60. The highest BCUT2D eigenvalue weighted by Gasteiger charge is 2.56. The molecule has 1 saturated carbocycles. The van der Waals surface area contributed by atoms with Gasteiger partial charge in [0.15, 0.2) is 6.04 Å². The number of carbonyl (C=O) groups is 1. The first-order valence-corrected chi connectivity index (χ1v) is 19.6. The molecule has 1 amide bonds. The summed E-state index contributed by atoms with van der Waals surface area (Å²) in [7, 11) is -3.50. The number of sulfonamides is 1. The Hall–Kier alpha value is -3.36. The second kappa shape index (κ2) is 14.9. The average Bonchev–Trinajstić information content (AvgIpc) is 3.73. The Kier molecular flexibility index (Phi) is 10.6. The predicted molar refractivity (Wildman–Crippen MR) is 190 cm³/mol. The van der Waals surface area contributed by atoms with Crippen LogP contribution in [0.2, 0.25) is 0 Å². The van der Waals surface area contributed by atoms with Gasteiger partial charge in [-0.1, -0.05) is 12.1 Å². The van der Waals surface area contributed by atoms with E-state index in [1.54, 1.807) is 18.2 Å². The molecular weight excluding hydrogens is 679 g/mol. The molecule has 3 aliphatic heterocycles. The molecule has 0 spiro atoms. The number of nitrogens with zero attached hydrogens (tertiary/aromatic N) is 3. The number of alkyl halides is 2. The molecule has 3 aromatic rings. The molecule has 4 aliphatic rings. The lowest BCUT2D eigenvalue weighted by Gasteiger charge is -2.42. The fraction of sp³-hybridized carbons (Fsp3) is 0.553. The number of morpholine rings is 1. The third kappa shape index (κ3) is 7.59. The Labute approximate surface area is 298 Å². The molecule has 2 bridgehead atoms. The molecule has 2 unspecified atom stereocenters. The van der Waals surface area contributed by atoms with Crippen LogP contribution in [-0.2, 0) is 25.5 Å². The van der Waals surface area contributed by atoms with Crippen molar-refractivity contribution in [2.75, 3.05) is 46.5 Å². The number of carbonyl (C=O) groups excluding carboxylic acids is 1. The lowest BCUT2D eigenvalue weighted by molar-refractivity contribution is -0.155. The Bertz CT molecular complexity index is 1790. The third-order valence-corrected chi connectivity index (χ3v) is 12.9. The highest BCUT2D eigenvalue weighted by molar-refractivity contribution is 7.89. The van der Waals surface area contributed by atoms with Gasteiger partial charge in [0.2, 0.25) is 15.9 Å². The van der Waals surface area contributed by atoms with Gasteiger partial charge in [-0.2, -0.15) is 13.1 Å². The summed E-state index contributed by atoms with van der Waals surface area (Å²) in [6, 6.07) is 12.2. The van der Waals surface area contributed by atoms with Crippen LogP contribution in [0.15, 0.2) is 65.6 Å². The summed E-state index contributed by atoms with van der Waals surface area (Å²) >= 11 is 0. The first-order valence-electron chi connectivity index (χ1n) is 18.2. The molecule has 276 valence electrons.